The zero-order valence-electron chi connectivity index (χ0n) is 8.75. The Labute approximate surface area is 81.4 Å². The van der Waals surface area contributed by atoms with Gasteiger partial charge in [0, 0.05) is 0 Å². The minimum Gasteiger partial charge on any atom is -0.0852 e. The fraction of sp³-hybridized carbons (Fsp3) is 0.833. The van der Waals surface area contributed by atoms with Crippen LogP contribution in [0.4, 0.5) is 0 Å². The van der Waals surface area contributed by atoms with Crippen LogP contribution in [0.2, 0.25) is 19.6 Å². The molecule has 0 aromatic heterocycles. The number of hydrogen-bond acceptors (Lipinski definition) is 0. The van der Waals surface area contributed by atoms with Gasteiger partial charge in [-0.25, -0.2) is 0 Å². The summed E-state index contributed by atoms with van der Waals surface area (Å²) < 4.78 is 0. The van der Waals surface area contributed by atoms with Crippen molar-refractivity contribution in [2.45, 2.75) is 26.1 Å². The van der Waals surface area contributed by atoms with E-state index in [1.54, 1.807) is 6.42 Å². The molecule has 0 amide bonds. The third-order valence-electron chi connectivity index (χ3n) is 5.25. The Morgan fingerprint density at radius 1 is 1.15 bits per heavy atom. The molecule has 0 nitrogen and oxygen atoms in total. The number of hydrogen-bond donors (Lipinski definition) is 0. The lowest BCUT2D eigenvalue weighted by Gasteiger charge is -2.26. The summed E-state index contributed by atoms with van der Waals surface area (Å²) >= 11 is 0. The average Bonchev–Trinajstić information content (AvgIpc) is 2.45. The Balaban J connectivity index is 1.82. The molecular weight excluding hydrogens is 172 g/mol. The van der Waals surface area contributed by atoms with Gasteiger partial charge in [0.25, 0.3) is 0 Å². The van der Waals surface area contributed by atoms with Gasteiger partial charge in [0.15, 0.2) is 0 Å². The van der Waals surface area contributed by atoms with Gasteiger partial charge < -0.3 is 0 Å². The summed E-state index contributed by atoms with van der Waals surface area (Å²) in [5, 5.41) is 1.96. The molecule has 1 heteroatoms. The van der Waals surface area contributed by atoms with E-state index in [2.05, 4.69) is 25.7 Å². The first-order chi connectivity index (χ1) is 6.09. The van der Waals surface area contributed by atoms with Crippen LogP contribution in [0, 0.1) is 35.5 Å². The number of rotatable bonds is 1. The first kappa shape index (κ1) is 7.28. The molecule has 4 saturated carbocycles. The maximum absolute atomic E-state index is 2.73. The summed E-state index contributed by atoms with van der Waals surface area (Å²) in [6.45, 7) is 7.61. The Morgan fingerprint density at radius 2 is 1.92 bits per heavy atom. The molecule has 0 N–H and O–H groups in total. The van der Waals surface area contributed by atoms with Crippen LogP contribution in [-0.4, -0.2) is 8.07 Å². The van der Waals surface area contributed by atoms with Crippen molar-refractivity contribution in [2.24, 2.45) is 35.5 Å². The molecule has 0 heterocycles. The van der Waals surface area contributed by atoms with E-state index in [1.807, 2.05) is 5.20 Å². The summed E-state index contributed by atoms with van der Waals surface area (Å²) in [6.07, 6.45) is 4.34. The van der Waals surface area contributed by atoms with Crippen molar-refractivity contribution in [2.75, 3.05) is 0 Å². The van der Waals surface area contributed by atoms with Gasteiger partial charge in [0.1, 0.15) is 0 Å². The second-order valence-corrected chi connectivity index (χ2v) is 11.8. The normalized spacial score (nSPS) is 60.1. The summed E-state index contributed by atoms with van der Waals surface area (Å²) in [5.74, 6) is 6.90. The van der Waals surface area contributed by atoms with E-state index in [0.717, 1.165) is 17.8 Å². The third kappa shape index (κ3) is 0.613. The van der Waals surface area contributed by atoms with Gasteiger partial charge in [-0.1, -0.05) is 30.9 Å². The van der Waals surface area contributed by atoms with Gasteiger partial charge in [0.05, 0.1) is 8.07 Å². The van der Waals surface area contributed by atoms with Crippen LogP contribution in [0.15, 0.2) is 11.3 Å². The predicted octanol–water partition coefficient (Wildman–Crippen LogP) is 2.93. The molecule has 70 valence electrons. The van der Waals surface area contributed by atoms with E-state index in [-0.39, 0.29) is 0 Å². The Kier molecular flexibility index (Phi) is 0.958. The highest BCUT2D eigenvalue weighted by atomic mass is 28.3. The molecule has 0 aromatic rings. The molecule has 0 spiro atoms. The molecule has 0 aliphatic heterocycles. The highest BCUT2D eigenvalue weighted by molar-refractivity contribution is 6.83. The monoisotopic (exact) mass is 190 g/mol. The third-order valence-corrected chi connectivity index (χ3v) is 7.48. The highest BCUT2D eigenvalue weighted by Gasteiger charge is 2.75. The summed E-state index contributed by atoms with van der Waals surface area (Å²) in [7, 11) is -0.947. The minimum atomic E-state index is -0.947. The fourth-order valence-electron chi connectivity index (χ4n) is 4.96. The van der Waals surface area contributed by atoms with E-state index < -0.39 is 8.07 Å². The van der Waals surface area contributed by atoms with Crippen LogP contribution in [0.3, 0.4) is 0 Å². The van der Waals surface area contributed by atoms with Crippen molar-refractivity contribution in [1.29, 1.82) is 0 Å². The Morgan fingerprint density at radius 3 is 2.38 bits per heavy atom. The highest BCUT2D eigenvalue weighted by Crippen LogP contribution is 2.80. The van der Waals surface area contributed by atoms with Crippen LogP contribution in [-0.2, 0) is 0 Å². The molecule has 5 aliphatic carbocycles. The molecular formula is C12H18Si. The molecule has 0 saturated heterocycles. The second-order valence-electron chi connectivity index (χ2n) is 6.69. The fourth-order valence-corrected chi connectivity index (χ4v) is 7.06. The molecule has 6 bridgehead atoms. The zero-order chi connectivity index (χ0) is 8.96. The standard InChI is InChI=1S/C12H18Si/c1-13(2,3)9-5-7-6-4-8-10(7)12(8)11(6)9/h5-8,10-12H,4H2,1-3H3/t6-,7-,8+,10-,11-,12+/m1/s1. The van der Waals surface area contributed by atoms with Gasteiger partial charge in [-0.15, -0.1) is 0 Å². The molecule has 0 radical (unpaired) electrons. The lowest BCUT2D eigenvalue weighted by atomic mass is 9.99. The van der Waals surface area contributed by atoms with Crippen molar-refractivity contribution in [1.82, 2.24) is 0 Å². The lowest BCUT2D eigenvalue weighted by molar-refractivity contribution is 0.466. The summed E-state index contributed by atoms with van der Waals surface area (Å²) in [5.41, 5.74) is 0. The van der Waals surface area contributed by atoms with Gasteiger partial charge in [-0.05, 0) is 41.9 Å². The van der Waals surface area contributed by atoms with E-state index in [4.69, 9.17) is 0 Å². The second kappa shape index (κ2) is 1.71. The van der Waals surface area contributed by atoms with Crippen LogP contribution >= 0.6 is 0 Å². The largest absolute Gasteiger partial charge is 0.0852 e. The van der Waals surface area contributed by atoms with E-state index in [0.29, 0.717) is 0 Å². The Hall–Kier alpha value is -0.0431. The van der Waals surface area contributed by atoms with Crippen LogP contribution < -0.4 is 0 Å². The van der Waals surface area contributed by atoms with Crippen molar-refractivity contribution >= 4 is 8.07 Å². The van der Waals surface area contributed by atoms with Crippen LogP contribution in [0.25, 0.3) is 0 Å². The maximum atomic E-state index is 2.73. The van der Waals surface area contributed by atoms with E-state index in [9.17, 15) is 0 Å². The lowest BCUT2D eigenvalue weighted by Crippen LogP contribution is -2.29. The average molecular weight is 190 g/mol. The summed E-state index contributed by atoms with van der Waals surface area (Å²) in [6, 6.07) is 0. The SMILES string of the molecule is C[Si](C)(C)C1=C[C@@H]2[C@H]3C[C@H]4[C@@H]2[C@H]4[C@@H]13. The van der Waals surface area contributed by atoms with E-state index >= 15 is 0 Å². The maximum Gasteiger partial charge on any atom is 0.0724 e. The Bertz CT molecular complexity index is 323. The molecule has 4 fully saturated rings. The summed E-state index contributed by atoms with van der Waals surface area (Å²) in [4.78, 5) is 0. The van der Waals surface area contributed by atoms with E-state index in [1.165, 1.54) is 17.8 Å². The van der Waals surface area contributed by atoms with Gasteiger partial charge >= 0.3 is 0 Å². The van der Waals surface area contributed by atoms with Gasteiger partial charge in [0.2, 0.25) is 0 Å². The predicted molar refractivity (Wildman–Crippen MR) is 57.0 cm³/mol. The molecule has 0 unspecified atom stereocenters. The molecule has 6 atom stereocenters. The van der Waals surface area contributed by atoms with Crippen molar-refractivity contribution in [3.63, 3.8) is 0 Å². The van der Waals surface area contributed by atoms with Crippen LogP contribution in [0.5, 0.6) is 0 Å². The smallest absolute Gasteiger partial charge is 0.0724 e. The molecule has 0 aromatic carbocycles. The quantitative estimate of drug-likeness (QED) is 0.558. The van der Waals surface area contributed by atoms with Gasteiger partial charge in [-0.3, -0.25) is 0 Å². The topological polar surface area (TPSA) is 0 Å². The molecule has 13 heavy (non-hydrogen) atoms. The van der Waals surface area contributed by atoms with Crippen molar-refractivity contribution in [3.05, 3.63) is 11.3 Å². The number of allylic oxidation sites excluding steroid dienone is 2. The van der Waals surface area contributed by atoms with Crippen molar-refractivity contribution < 1.29 is 0 Å². The van der Waals surface area contributed by atoms with Crippen molar-refractivity contribution in [3.8, 4) is 0 Å². The van der Waals surface area contributed by atoms with Gasteiger partial charge in [-0.2, -0.15) is 0 Å². The van der Waals surface area contributed by atoms with Crippen LogP contribution in [0.1, 0.15) is 6.42 Å². The first-order valence-electron chi connectivity index (χ1n) is 5.81. The minimum absolute atomic E-state index is 0.947. The zero-order valence-corrected chi connectivity index (χ0v) is 9.75. The first-order valence-corrected chi connectivity index (χ1v) is 9.31. The molecule has 5 aliphatic rings. The molecule has 5 rings (SSSR count).